The van der Waals surface area contributed by atoms with Gasteiger partial charge in [-0.15, -0.1) is 0 Å². The van der Waals surface area contributed by atoms with Crippen molar-refractivity contribution < 1.29 is 8.42 Å². The minimum absolute atomic E-state index is 0.289. The van der Waals surface area contributed by atoms with E-state index in [4.69, 9.17) is 0 Å². The molecule has 0 saturated heterocycles. The quantitative estimate of drug-likeness (QED) is 0.861. The van der Waals surface area contributed by atoms with Gasteiger partial charge in [0, 0.05) is 19.0 Å². The SMILES string of the molecule is CCCC1(CNc2ncccc2S(C)(=O)=O)CC1. The zero-order chi connectivity index (χ0) is 13.2. The number of pyridine rings is 1. The molecular weight excluding hydrogens is 248 g/mol. The van der Waals surface area contributed by atoms with E-state index in [1.165, 1.54) is 31.9 Å². The summed E-state index contributed by atoms with van der Waals surface area (Å²) in [5.41, 5.74) is 0.376. The van der Waals surface area contributed by atoms with Crippen LogP contribution < -0.4 is 5.32 Å². The molecule has 1 aliphatic carbocycles. The summed E-state index contributed by atoms with van der Waals surface area (Å²) in [5.74, 6) is 0.488. The molecule has 100 valence electrons. The van der Waals surface area contributed by atoms with Gasteiger partial charge >= 0.3 is 0 Å². The van der Waals surface area contributed by atoms with Crippen LogP contribution in [0.2, 0.25) is 0 Å². The first-order valence-electron chi connectivity index (χ1n) is 6.36. The molecule has 0 amide bonds. The van der Waals surface area contributed by atoms with Crippen molar-refractivity contribution in [3.8, 4) is 0 Å². The van der Waals surface area contributed by atoms with E-state index in [1.807, 2.05) is 0 Å². The fourth-order valence-corrected chi connectivity index (χ4v) is 3.12. The van der Waals surface area contributed by atoms with E-state index in [0.717, 1.165) is 6.54 Å². The number of hydrogen-bond acceptors (Lipinski definition) is 4. The van der Waals surface area contributed by atoms with Crippen LogP contribution in [0.4, 0.5) is 5.82 Å². The van der Waals surface area contributed by atoms with Crippen molar-refractivity contribution >= 4 is 15.7 Å². The lowest BCUT2D eigenvalue weighted by Gasteiger charge is -2.16. The van der Waals surface area contributed by atoms with Gasteiger partial charge in [-0.1, -0.05) is 13.3 Å². The molecule has 0 bridgehead atoms. The Balaban J connectivity index is 2.11. The highest BCUT2D eigenvalue weighted by Gasteiger charge is 2.41. The van der Waals surface area contributed by atoms with Gasteiger partial charge in [0.2, 0.25) is 0 Å². The molecule has 1 fully saturated rings. The van der Waals surface area contributed by atoms with Crippen LogP contribution >= 0.6 is 0 Å². The number of aromatic nitrogens is 1. The van der Waals surface area contributed by atoms with Gasteiger partial charge in [-0.2, -0.15) is 0 Å². The molecule has 2 rings (SSSR count). The zero-order valence-corrected chi connectivity index (χ0v) is 11.8. The Morgan fingerprint density at radius 3 is 2.72 bits per heavy atom. The predicted molar refractivity (Wildman–Crippen MR) is 72.4 cm³/mol. The van der Waals surface area contributed by atoms with Crippen molar-refractivity contribution in [1.82, 2.24) is 4.98 Å². The molecule has 1 aliphatic rings. The summed E-state index contributed by atoms with van der Waals surface area (Å²) in [6, 6.07) is 3.25. The first kappa shape index (κ1) is 13.3. The predicted octanol–water partition coefficient (Wildman–Crippen LogP) is 2.48. The summed E-state index contributed by atoms with van der Waals surface area (Å²) in [6.07, 6.45) is 7.66. The lowest BCUT2D eigenvalue weighted by molar-refractivity contribution is 0.484. The molecule has 4 nitrogen and oxygen atoms in total. The zero-order valence-electron chi connectivity index (χ0n) is 10.9. The minimum atomic E-state index is -3.22. The monoisotopic (exact) mass is 268 g/mol. The van der Waals surface area contributed by atoms with Gasteiger partial charge in [-0.3, -0.25) is 0 Å². The van der Waals surface area contributed by atoms with E-state index in [-0.39, 0.29) is 4.90 Å². The summed E-state index contributed by atoms with van der Waals surface area (Å²) < 4.78 is 23.3. The van der Waals surface area contributed by atoms with E-state index in [0.29, 0.717) is 11.2 Å². The Hall–Kier alpha value is -1.10. The van der Waals surface area contributed by atoms with Crippen LogP contribution in [0.1, 0.15) is 32.6 Å². The van der Waals surface area contributed by atoms with Gasteiger partial charge in [0.15, 0.2) is 9.84 Å². The molecule has 5 heteroatoms. The molecule has 1 saturated carbocycles. The van der Waals surface area contributed by atoms with E-state index >= 15 is 0 Å². The smallest absolute Gasteiger partial charge is 0.179 e. The Labute approximate surface area is 109 Å². The number of hydrogen-bond donors (Lipinski definition) is 1. The summed E-state index contributed by atoms with van der Waals surface area (Å²) in [7, 11) is -3.22. The van der Waals surface area contributed by atoms with Crippen molar-refractivity contribution in [3.05, 3.63) is 18.3 Å². The maximum atomic E-state index is 11.6. The molecule has 0 radical (unpaired) electrons. The highest BCUT2D eigenvalue weighted by molar-refractivity contribution is 7.90. The molecule has 0 aromatic carbocycles. The number of rotatable bonds is 6. The molecule has 0 atom stereocenters. The van der Waals surface area contributed by atoms with E-state index < -0.39 is 9.84 Å². The maximum absolute atomic E-state index is 11.6. The van der Waals surface area contributed by atoms with E-state index in [1.54, 1.807) is 18.3 Å². The van der Waals surface area contributed by atoms with Crippen LogP contribution in [-0.4, -0.2) is 26.2 Å². The van der Waals surface area contributed by atoms with Gasteiger partial charge in [0.25, 0.3) is 0 Å². The van der Waals surface area contributed by atoms with Gasteiger partial charge < -0.3 is 5.32 Å². The second-order valence-corrected chi connectivity index (χ2v) is 7.21. The summed E-state index contributed by atoms with van der Waals surface area (Å²) >= 11 is 0. The van der Waals surface area contributed by atoms with E-state index in [9.17, 15) is 8.42 Å². The average Bonchev–Trinajstić information content (AvgIpc) is 3.07. The molecule has 1 heterocycles. The van der Waals surface area contributed by atoms with Gasteiger partial charge in [0.05, 0.1) is 0 Å². The van der Waals surface area contributed by atoms with Crippen LogP contribution in [0.3, 0.4) is 0 Å². The van der Waals surface area contributed by atoms with E-state index in [2.05, 4.69) is 17.2 Å². The van der Waals surface area contributed by atoms with Crippen LogP contribution in [0.25, 0.3) is 0 Å². The Bertz CT molecular complexity index is 522. The van der Waals surface area contributed by atoms with Gasteiger partial charge in [0.1, 0.15) is 10.7 Å². The lowest BCUT2D eigenvalue weighted by Crippen LogP contribution is -2.17. The molecule has 18 heavy (non-hydrogen) atoms. The lowest BCUT2D eigenvalue weighted by atomic mass is 10.0. The second kappa shape index (κ2) is 4.88. The topological polar surface area (TPSA) is 59.1 Å². The second-order valence-electron chi connectivity index (χ2n) is 5.23. The molecule has 0 unspecified atom stereocenters. The number of sulfone groups is 1. The number of nitrogens with zero attached hydrogens (tertiary/aromatic N) is 1. The third kappa shape index (κ3) is 3.02. The number of nitrogens with one attached hydrogen (secondary N) is 1. The Kier molecular flexibility index (Phi) is 3.61. The van der Waals surface area contributed by atoms with Crippen molar-refractivity contribution in [2.45, 2.75) is 37.5 Å². The maximum Gasteiger partial charge on any atom is 0.179 e. The molecule has 1 aromatic rings. The normalized spacial score (nSPS) is 17.4. The summed E-state index contributed by atoms with van der Waals surface area (Å²) in [4.78, 5) is 4.44. The average molecular weight is 268 g/mol. The standard InChI is InChI=1S/C13H20N2O2S/c1-3-6-13(7-8-13)10-15-12-11(18(2,16)17)5-4-9-14-12/h4-5,9H,3,6-8,10H2,1-2H3,(H,14,15). The molecule has 1 N–H and O–H groups in total. The highest BCUT2D eigenvalue weighted by Crippen LogP contribution is 2.49. The van der Waals surface area contributed by atoms with Gasteiger partial charge in [-0.05, 0) is 36.8 Å². The molecule has 0 aliphatic heterocycles. The fourth-order valence-electron chi connectivity index (χ4n) is 2.32. The first-order valence-corrected chi connectivity index (χ1v) is 8.25. The third-order valence-corrected chi connectivity index (χ3v) is 4.67. The van der Waals surface area contributed by atoms with Crippen LogP contribution in [0.15, 0.2) is 23.2 Å². The van der Waals surface area contributed by atoms with Crippen molar-refractivity contribution in [1.29, 1.82) is 0 Å². The van der Waals surface area contributed by atoms with Crippen molar-refractivity contribution in [2.75, 3.05) is 18.1 Å². The highest BCUT2D eigenvalue weighted by atomic mass is 32.2. The van der Waals surface area contributed by atoms with Crippen molar-refractivity contribution in [3.63, 3.8) is 0 Å². The molecule has 0 spiro atoms. The Morgan fingerprint density at radius 1 is 1.44 bits per heavy atom. The van der Waals surface area contributed by atoms with Crippen LogP contribution in [0, 0.1) is 5.41 Å². The van der Waals surface area contributed by atoms with Crippen LogP contribution in [0.5, 0.6) is 0 Å². The molecule has 1 aromatic heterocycles. The number of anilines is 1. The third-order valence-electron chi connectivity index (χ3n) is 3.54. The first-order chi connectivity index (χ1) is 8.47. The Morgan fingerprint density at radius 2 is 2.17 bits per heavy atom. The van der Waals surface area contributed by atoms with Crippen LogP contribution in [-0.2, 0) is 9.84 Å². The van der Waals surface area contributed by atoms with Crippen molar-refractivity contribution in [2.24, 2.45) is 5.41 Å². The van der Waals surface area contributed by atoms with Gasteiger partial charge in [-0.25, -0.2) is 13.4 Å². The largest absolute Gasteiger partial charge is 0.368 e. The fraction of sp³-hybridized carbons (Fsp3) is 0.615. The summed E-state index contributed by atoms with van der Waals surface area (Å²) in [5, 5.41) is 3.22. The minimum Gasteiger partial charge on any atom is -0.368 e. The molecular formula is C13H20N2O2S. The summed E-state index contributed by atoms with van der Waals surface area (Å²) in [6.45, 7) is 3.00.